The van der Waals surface area contributed by atoms with Crippen LogP contribution in [0.25, 0.3) is 0 Å². The summed E-state index contributed by atoms with van der Waals surface area (Å²) in [5, 5.41) is 2.04. The van der Waals surface area contributed by atoms with Gasteiger partial charge in [-0.1, -0.05) is 18.2 Å². The molecule has 0 saturated heterocycles. The van der Waals surface area contributed by atoms with Gasteiger partial charge in [0.1, 0.15) is 6.61 Å². The van der Waals surface area contributed by atoms with Crippen molar-refractivity contribution in [3.05, 3.63) is 34.5 Å². The third-order valence-electron chi connectivity index (χ3n) is 4.50. The first-order valence-electron chi connectivity index (χ1n) is 8.63. The molecule has 4 heteroatoms. The Morgan fingerprint density at radius 3 is 2.61 bits per heavy atom. The topological polar surface area (TPSA) is 29.5 Å². The van der Waals surface area contributed by atoms with Crippen LogP contribution in [0.2, 0.25) is 0 Å². The van der Waals surface area contributed by atoms with Gasteiger partial charge in [-0.25, -0.2) is 0 Å². The van der Waals surface area contributed by atoms with E-state index in [1.165, 1.54) is 0 Å². The van der Waals surface area contributed by atoms with E-state index in [2.05, 4.69) is 50.8 Å². The number of ether oxygens (including phenoxy) is 1. The molecule has 2 rings (SSSR count). The van der Waals surface area contributed by atoms with Crippen molar-refractivity contribution in [2.45, 2.75) is 58.5 Å². The van der Waals surface area contributed by atoms with E-state index < -0.39 is 0 Å². The van der Waals surface area contributed by atoms with Gasteiger partial charge in [-0.3, -0.25) is 9.69 Å². The van der Waals surface area contributed by atoms with Crippen LogP contribution in [0.15, 0.2) is 29.7 Å². The van der Waals surface area contributed by atoms with E-state index in [1.54, 1.807) is 11.3 Å². The van der Waals surface area contributed by atoms with Gasteiger partial charge in [-0.2, -0.15) is 0 Å². The first-order chi connectivity index (χ1) is 11.0. The number of rotatable bonds is 8. The largest absolute Gasteiger partial charge is 0.464 e. The molecule has 1 aliphatic carbocycles. The average molecular weight is 336 g/mol. The fourth-order valence-electron chi connectivity index (χ4n) is 3.36. The maximum Gasteiger partial charge on any atom is 0.314 e. The number of allylic oxidation sites excluding steroid dienone is 2. The highest BCUT2D eigenvalue weighted by Crippen LogP contribution is 2.36. The van der Waals surface area contributed by atoms with E-state index in [4.69, 9.17) is 4.74 Å². The van der Waals surface area contributed by atoms with Crippen molar-refractivity contribution in [2.24, 2.45) is 5.92 Å². The summed E-state index contributed by atoms with van der Waals surface area (Å²) in [6.45, 7) is 9.98. The summed E-state index contributed by atoms with van der Waals surface area (Å²) in [6, 6.07) is 4.98. The number of nitrogens with zero attached hydrogens (tertiary/aromatic N) is 1. The van der Waals surface area contributed by atoms with Crippen LogP contribution in [0.4, 0.5) is 0 Å². The zero-order valence-electron chi connectivity index (χ0n) is 14.7. The number of esters is 1. The Labute approximate surface area is 144 Å². The molecule has 1 aliphatic rings. The first-order valence-corrected chi connectivity index (χ1v) is 9.51. The molecule has 0 N–H and O–H groups in total. The second kappa shape index (κ2) is 8.65. The molecular formula is C19H29NO2S. The quantitative estimate of drug-likeness (QED) is 0.519. The molecule has 3 nitrogen and oxygen atoms in total. The lowest BCUT2D eigenvalue weighted by atomic mass is 9.90. The van der Waals surface area contributed by atoms with Crippen LogP contribution >= 0.6 is 11.3 Å². The molecule has 0 radical (unpaired) electrons. The van der Waals surface area contributed by atoms with Crippen molar-refractivity contribution in [3.8, 4) is 0 Å². The molecule has 0 unspecified atom stereocenters. The Hall–Kier alpha value is -1.13. The highest BCUT2D eigenvalue weighted by Gasteiger charge is 2.31. The van der Waals surface area contributed by atoms with Gasteiger partial charge in [0, 0.05) is 23.5 Å². The predicted molar refractivity (Wildman–Crippen MR) is 96.9 cm³/mol. The lowest BCUT2D eigenvalue weighted by molar-refractivity contribution is -0.147. The summed E-state index contributed by atoms with van der Waals surface area (Å²) < 4.78 is 5.66. The van der Waals surface area contributed by atoms with Crippen LogP contribution in [-0.2, 0) is 9.53 Å². The molecule has 0 bridgehead atoms. The summed E-state index contributed by atoms with van der Waals surface area (Å²) in [6.07, 6.45) is 6.47. The summed E-state index contributed by atoms with van der Waals surface area (Å²) in [5.41, 5.74) is 0. The third-order valence-corrected chi connectivity index (χ3v) is 5.46. The van der Waals surface area contributed by atoms with Gasteiger partial charge in [0.05, 0.1) is 5.92 Å². The predicted octanol–water partition coefficient (Wildman–Crippen LogP) is 4.46. The Morgan fingerprint density at radius 2 is 2.09 bits per heavy atom. The molecule has 0 amide bonds. The number of thiophene rings is 1. The average Bonchev–Trinajstić information content (AvgIpc) is 3.16. The number of hydrogen-bond donors (Lipinski definition) is 0. The van der Waals surface area contributed by atoms with Gasteiger partial charge in [0.2, 0.25) is 0 Å². The van der Waals surface area contributed by atoms with Crippen LogP contribution in [0.5, 0.6) is 0 Å². The second-order valence-electron chi connectivity index (χ2n) is 6.76. The molecule has 0 fully saturated rings. The molecule has 2 atom stereocenters. The number of carbonyl (C=O) groups excluding carboxylic acids is 1. The van der Waals surface area contributed by atoms with Gasteiger partial charge in [0.15, 0.2) is 0 Å². The maximum atomic E-state index is 12.7. The van der Waals surface area contributed by atoms with Gasteiger partial charge in [-0.05, 0) is 57.9 Å². The minimum absolute atomic E-state index is 0.0727. The molecule has 0 saturated carbocycles. The molecule has 1 heterocycles. The van der Waals surface area contributed by atoms with E-state index in [9.17, 15) is 4.79 Å². The second-order valence-corrected chi connectivity index (χ2v) is 7.73. The van der Waals surface area contributed by atoms with E-state index in [-0.39, 0.29) is 17.8 Å². The van der Waals surface area contributed by atoms with Crippen molar-refractivity contribution in [2.75, 3.05) is 13.2 Å². The van der Waals surface area contributed by atoms with Crippen LogP contribution < -0.4 is 0 Å². The van der Waals surface area contributed by atoms with Crippen molar-refractivity contribution in [1.29, 1.82) is 0 Å². The Morgan fingerprint density at radius 1 is 1.35 bits per heavy atom. The molecule has 1 aromatic heterocycles. The lowest BCUT2D eigenvalue weighted by Gasteiger charge is -2.30. The van der Waals surface area contributed by atoms with Crippen molar-refractivity contribution in [3.63, 3.8) is 0 Å². The Bertz CT molecular complexity index is 499. The first kappa shape index (κ1) is 18.2. The highest BCUT2D eigenvalue weighted by molar-refractivity contribution is 7.10. The van der Waals surface area contributed by atoms with Crippen molar-refractivity contribution < 1.29 is 9.53 Å². The Kier molecular flexibility index (Phi) is 6.85. The minimum atomic E-state index is -0.139. The smallest absolute Gasteiger partial charge is 0.314 e. The van der Waals surface area contributed by atoms with Crippen LogP contribution in [-0.4, -0.2) is 36.1 Å². The van der Waals surface area contributed by atoms with Gasteiger partial charge in [0.25, 0.3) is 0 Å². The fraction of sp³-hybridized carbons (Fsp3) is 0.632. The Balaban J connectivity index is 1.95. The molecule has 128 valence electrons. The number of carbonyl (C=O) groups is 1. The molecule has 23 heavy (non-hydrogen) atoms. The number of hydrogen-bond acceptors (Lipinski definition) is 4. The van der Waals surface area contributed by atoms with Crippen LogP contribution in [0.3, 0.4) is 0 Å². The van der Waals surface area contributed by atoms with Gasteiger partial charge < -0.3 is 4.74 Å². The van der Waals surface area contributed by atoms with E-state index in [0.29, 0.717) is 18.7 Å². The van der Waals surface area contributed by atoms with E-state index in [1.807, 2.05) is 11.4 Å². The fourth-order valence-corrected chi connectivity index (χ4v) is 4.25. The van der Waals surface area contributed by atoms with Gasteiger partial charge >= 0.3 is 5.97 Å². The normalized spacial score (nSPS) is 19.0. The summed E-state index contributed by atoms with van der Waals surface area (Å²) in [4.78, 5) is 16.2. The molecule has 0 aromatic carbocycles. The van der Waals surface area contributed by atoms with E-state index in [0.717, 1.165) is 24.3 Å². The van der Waals surface area contributed by atoms with Crippen molar-refractivity contribution in [1.82, 2.24) is 4.90 Å². The van der Waals surface area contributed by atoms with Gasteiger partial charge in [-0.15, -0.1) is 11.3 Å². The molecular weight excluding hydrogens is 306 g/mol. The molecule has 0 spiro atoms. The standard InChI is InChI=1S/C19H29NO2S/c1-14(2)20(15(3)4)11-12-22-19(21)18(16-8-5-6-9-16)17-10-7-13-23-17/h5,7-8,10,13-16,18H,6,9,11-12H2,1-4H3/t16-,18-/m1/s1. The molecule has 0 aliphatic heterocycles. The monoisotopic (exact) mass is 335 g/mol. The minimum Gasteiger partial charge on any atom is -0.464 e. The van der Waals surface area contributed by atoms with Crippen LogP contribution in [0, 0.1) is 5.92 Å². The SMILES string of the molecule is CC(C)N(CCOC(=O)[C@@H](c1cccs1)[C@@H]1C=CCC1)C(C)C. The zero-order chi connectivity index (χ0) is 16.8. The maximum absolute atomic E-state index is 12.7. The lowest BCUT2D eigenvalue weighted by Crippen LogP contribution is -2.40. The van der Waals surface area contributed by atoms with Crippen LogP contribution in [0.1, 0.15) is 51.3 Å². The van der Waals surface area contributed by atoms with E-state index >= 15 is 0 Å². The summed E-state index contributed by atoms with van der Waals surface area (Å²) >= 11 is 1.65. The van der Waals surface area contributed by atoms with Crippen molar-refractivity contribution >= 4 is 17.3 Å². The zero-order valence-corrected chi connectivity index (χ0v) is 15.5. The molecule has 1 aromatic rings. The third kappa shape index (κ3) is 4.92. The highest BCUT2D eigenvalue weighted by atomic mass is 32.1. The summed E-state index contributed by atoms with van der Waals surface area (Å²) in [7, 11) is 0. The summed E-state index contributed by atoms with van der Waals surface area (Å²) in [5.74, 6) is 0.0733.